The van der Waals surface area contributed by atoms with Crippen LogP contribution in [0.5, 0.6) is 0 Å². The van der Waals surface area contributed by atoms with Gasteiger partial charge < -0.3 is 23.9 Å². The standard InChI is InChI=1S/C31H34N6O3S/c1-20-17-24(19-33-26(20)32-5)36-27(38)31(12-6-13-31)37(28(36)41)23-7-8-25-21(18-23)9-16-35(25)22-10-14-34(15-11-22)29(39)40-30(2,3)4/h7-9,16-19,22H,6,10-15H2,1-4H3. The van der Waals surface area contributed by atoms with E-state index in [1.165, 1.54) is 0 Å². The Labute approximate surface area is 245 Å². The highest BCUT2D eigenvalue weighted by Crippen LogP contribution is 2.48. The number of aryl methyl sites for hydroxylation is 1. The van der Waals surface area contributed by atoms with Crippen molar-refractivity contribution >= 4 is 57.4 Å². The fourth-order valence-electron chi connectivity index (χ4n) is 6.26. The SMILES string of the molecule is [C-]#[N+]c1ncc(N2C(=O)C3(CCC3)N(c3ccc4c(ccn4C4CCN(C(=O)OC(C)(C)C)CC4)c3)C2=S)cc1C. The van der Waals surface area contributed by atoms with Gasteiger partial charge in [0.15, 0.2) is 5.11 Å². The minimum atomic E-state index is -0.686. The minimum absolute atomic E-state index is 0.0278. The van der Waals surface area contributed by atoms with Gasteiger partial charge in [0, 0.05) is 41.9 Å². The van der Waals surface area contributed by atoms with Crippen LogP contribution in [0, 0.1) is 13.5 Å². The average Bonchev–Trinajstić information content (AvgIpc) is 3.43. The van der Waals surface area contributed by atoms with Crippen molar-refractivity contribution in [2.24, 2.45) is 0 Å². The number of hydrogen-bond acceptors (Lipinski definition) is 5. The largest absolute Gasteiger partial charge is 0.444 e. The summed E-state index contributed by atoms with van der Waals surface area (Å²) >= 11 is 5.95. The normalized spacial score (nSPS) is 19.1. The number of thiocarbonyl (C=S) groups is 1. The van der Waals surface area contributed by atoms with Crippen molar-refractivity contribution in [2.75, 3.05) is 22.9 Å². The zero-order valence-corrected chi connectivity index (χ0v) is 24.7. The molecule has 1 spiro atoms. The molecule has 0 bridgehead atoms. The molecule has 0 atom stereocenters. The molecule has 9 nitrogen and oxygen atoms in total. The summed E-state index contributed by atoms with van der Waals surface area (Å²) in [7, 11) is 0. The van der Waals surface area contributed by atoms with Crippen LogP contribution in [0.15, 0.2) is 42.7 Å². The second-order valence-corrected chi connectivity index (χ2v) is 12.6. The predicted octanol–water partition coefficient (Wildman–Crippen LogP) is 6.53. The Hall–Kier alpha value is -3.97. The van der Waals surface area contributed by atoms with Gasteiger partial charge in [0.25, 0.3) is 11.7 Å². The van der Waals surface area contributed by atoms with E-state index in [0.29, 0.717) is 35.3 Å². The van der Waals surface area contributed by atoms with Crippen LogP contribution in [0.3, 0.4) is 0 Å². The van der Waals surface area contributed by atoms with E-state index in [1.54, 1.807) is 16.0 Å². The summed E-state index contributed by atoms with van der Waals surface area (Å²) in [6.45, 7) is 16.1. The topological polar surface area (TPSA) is 75.3 Å². The Morgan fingerprint density at radius 3 is 2.49 bits per heavy atom. The zero-order chi connectivity index (χ0) is 29.1. The molecule has 1 aromatic carbocycles. The van der Waals surface area contributed by atoms with Gasteiger partial charge in [0.1, 0.15) is 17.3 Å². The van der Waals surface area contributed by atoms with E-state index in [0.717, 1.165) is 48.7 Å². The van der Waals surface area contributed by atoms with E-state index in [4.69, 9.17) is 23.5 Å². The van der Waals surface area contributed by atoms with Crippen LogP contribution in [-0.2, 0) is 9.53 Å². The molecule has 2 saturated heterocycles. The minimum Gasteiger partial charge on any atom is -0.444 e. The van der Waals surface area contributed by atoms with Crippen LogP contribution in [0.1, 0.15) is 64.5 Å². The van der Waals surface area contributed by atoms with Gasteiger partial charge in [-0.15, -0.1) is 4.98 Å². The Morgan fingerprint density at radius 1 is 1.15 bits per heavy atom. The molecular formula is C31H34N6O3S. The molecule has 0 radical (unpaired) electrons. The lowest BCUT2D eigenvalue weighted by Gasteiger charge is -2.43. The van der Waals surface area contributed by atoms with E-state index in [1.807, 2.05) is 38.7 Å². The molecule has 0 unspecified atom stereocenters. The summed E-state index contributed by atoms with van der Waals surface area (Å²) in [5.74, 6) is 0.298. The maximum absolute atomic E-state index is 13.9. The molecule has 41 heavy (non-hydrogen) atoms. The Balaban J connectivity index is 1.25. The van der Waals surface area contributed by atoms with Gasteiger partial charge in [-0.2, -0.15) is 0 Å². The zero-order valence-electron chi connectivity index (χ0n) is 23.9. The number of carbonyl (C=O) groups is 2. The highest BCUT2D eigenvalue weighted by atomic mass is 32.1. The number of pyridine rings is 1. The third-order valence-corrected chi connectivity index (χ3v) is 8.83. The van der Waals surface area contributed by atoms with Crippen molar-refractivity contribution in [2.45, 2.75) is 77.0 Å². The lowest BCUT2D eigenvalue weighted by Crippen LogP contribution is -2.55. The summed E-state index contributed by atoms with van der Waals surface area (Å²) in [6, 6.07) is 10.5. The number of rotatable bonds is 3. The molecule has 6 rings (SSSR count). The van der Waals surface area contributed by atoms with Gasteiger partial charge in [0.05, 0.1) is 5.69 Å². The second kappa shape index (κ2) is 9.84. The summed E-state index contributed by atoms with van der Waals surface area (Å²) in [4.78, 5) is 39.5. The van der Waals surface area contributed by atoms with Crippen LogP contribution in [0.25, 0.3) is 15.7 Å². The van der Waals surface area contributed by atoms with Crippen LogP contribution < -0.4 is 9.80 Å². The molecule has 1 saturated carbocycles. The Bertz CT molecular complexity index is 1600. The first-order valence-corrected chi connectivity index (χ1v) is 14.5. The number of aromatic nitrogens is 2. The number of benzene rings is 1. The molecule has 1 aliphatic carbocycles. The van der Waals surface area contributed by atoms with Gasteiger partial charge >= 0.3 is 6.09 Å². The third kappa shape index (κ3) is 4.52. The number of likely N-dealkylation sites (tertiary alicyclic amines) is 1. The van der Waals surface area contributed by atoms with Crippen molar-refractivity contribution in [3.63, 3.8) is 0 Å². The first-order valence-electron chi connectivity index (χ1n) is 14.1. The fourth-order valence-corrected chi connectivity index (χ4v) is 6.73. The molecule has 10 heteroatoms. The molecule has 3 aliphatic rings. The predicted molar refractivity (Wildman–Crippen MR) is 162 cm³/mol. The third-order valence-electron chi connectivity index (χ3n) is 8.46. The van der Waals surface area contributed by atoms with Gasteiger partial charge in [-0.3, -0.25) is 9.69 Å². The average molecular weight is 571 g/mol. The summed E-state index contributed by atoms with van der Waals surface area (Å²) in [5.41, 5.74) is 2.15. The second-order valence-electron chi connectivity index (χ2n) is 12.3. The lowest BCUT2D eigenvalue weighted by atomic mass is 9.75. The number of amides is 2. The number of carbonyl (C=O) groups excluding carboxylic acids is 2. The molecule has 2 aliphatic heterocycles. The smallest absolute Gasteiger partial charge is 0.410 e. The van der Waals surface area contributed by atoms with Gasteiger partial charge in [0.2, 0.25) is 0 Å². The highest BCUT2D eigenvalue weighted by molar-refractivity contribution is 7.81. The number of piperidine rings is 1. The number of hydrogen-bond donors (Lipinski definition) is 0. The molecule has 2 amide bonds. The number of nitrogens with zero attached hydrogens (tertiary/aromatic N) is 6. The highest BCUT2D eigenvalue weighted by Gasteiger charge is 2.59. The maximum atomic E-state index is 13.9. The lowest BCUT2D eigenvalue weighted by molar-refractivity contribution is -0.123. The fraction of sp³-hybridized carbons (Fsp3) is 0.452. The van der Waals surface area contributed by atoms with Crippen molar-refractivity contribution in [1.82, 2.24) is 14.5 Å². The summed E-state index contributed by atoms with van der Waals surface area (Å²) in [6.07, 6.45) is 7.59. The molecule has 4 heterocycles. The molecule has 3 fully saturated rings. The molecule has 212 valence electrons. The van der Waals surface area contributed by atoms with Gasteiger partial charge in [-0.25, -0.2) is 4.79 Å². The first-order chi connectivity index (χ1) is 19.5. The molecule has 0 N–H and O–H groups in total. The molecular weight excluding hydrogens is 536 g/mol. The number of anilines is 2. The number of fused-ring (bicyclic) bond motifs is 1. The first kappa shape index (κ1) is 27.2. The summed E-state index contributed by atoms with van der Waals surface area (Å²) < 4.78 is 7.86. The van der Waals surface area contributed by atoms with Crippen molar-refractivity contribution < 1.29 is 14.3 Å². The molecule has 3 aromatic rings. The summed E-state index contributed by atoms with van der Waals surface area (Å²) in [5, 5.41) is 1.53. The van der Waals surface area contributed by atoms with Crippen molar-refractivity contribution in [1.29, 1.82) is 0 Å². The van der Waals surface area contributed by atoms with Crippen molar-refractivity contribution in [3.8, 4) is 0 Å². The Kier molecular flexibility index (Phi) is 6.53. The van der Waals surface area contributed by atoms with E-state index < -0.39 is 11.1 Å². The quantitative estimate of drug-likeness (QED) is 0.263. The van der Waals surface area contributed by atoms with Crippen molar-refractivity contribution in [3.05, 3.63) is 59.7 Å². The van der Waals surface area contributed by atoms with Gasteiger partial charge in [-0.05, 0) is 108 Å². The van der Waals surface area contributed by atoms with Crippen LogP contribution in [0.4, 0.5) is 22.0 Å². The Morgan fingerprint density at radius 2 is 1.88 bits per heavy atom. The van der Waals surface area contributed by atoms with Crippen LogP contribution in [0.2, 0.25) is 0 Å². The van der Waals surface area contributed by atoms with E-state index in [-0.39, 0.29) is 18.0 Å². The molecule has 2 aromatic heterocycles. The van der Waals surface area contributed by atoms with Gasteiger partial charge in [-0.1, -0.05) is 6.57 Å². The van der Waals surface area contributed by atoms with Crippen LogP contribution in [-0.4, -0.2) is 55.8 Å². The van der Waals surface area contributed by atoms with E-state index >= 15 is 0 Å². The maximum Gasteiger partial charge on any atom is 0.410 e. The van der Waals surface area contributed by atoms with E-state index in [9.17, 15) is 9.59 Å². The number of ether oxygens (including phenoxy) is 1. The van der Waals surface area contributed by atoms with E-state index in [2.05, 4.69) is 44.9 Å². The van der Waals surface area contributed by atoms with Crippen LogP contribution >= 0.6 is 12.2 Å². The monoisotopic (exact) mass is 570 g/mol.